The highest BCUT2D eigenvalue weighted by Crippen LogP contribution is 2.25. The Morgan fingerprint density at radius 2 is 1.68 bits per heavy atom. The van der Waals surface area contributed by atoms with Gasteiger partial charge >= 0.3 is 0 Å². The molecule has 3 aromatic rings. The number of piperidine rings is 1. The van der Waals surface area contributed by atoms with Crippen LogP contribution in [0.4, 0.5) is 28.8 Å². The van der Waals surface area contributed by atoms with Gasteiger partial charge in [0.2, 0.25) is 16.0 Å². The Balaban J connectivity index is 1.44. The zero-order valence-electron chi connectivity index (χ0n) is 21.9. The molecule has 0 spiro atoms. The van der Waals surface area contributed by atoms with Crippen LogP contribution in [-0.2, 0) is 10.0 Å². The van der Waals surface area contributed by atoms with Crippen molar-refractivity contribution >= 4 is 38.9 Å². The maximum Gasteiger partial charge on any atom is 0.274 e. The molecule has 2 aromatic heterocycles. The molecule has 3 heterocycles. The average Bonchev–Trinajstić information content (AvgIpc) is 2.83. The lowest BCUT2D eigenvalue weighted by Crippen LogP contribution is -2.44. The monoisotopic (exact) mass is 525 g/mol. The first-order chi connectivity index (χ1) is 17.5. The molecule has 10 nitrogen and oxygen atoms in total. The molecule has 1 saturated heterocycles. The summed E-state index contributed by atoms with van der Waals surface area (Å²) in [5.41, 5.74) is 4.01. The van der Waals surface area contributed by atoms with Gasteiger partial charge in [0, 0.05) is 54.5 Å². The number of sulfonamides is 1. The van der Waals surface area contributed by atoms with Crippen LogP contribution in [0.5, 0.6) is 0 Å². The van der Waals surface area contributed by atoms with E-state index in [1.54, 1.807) is 10.8 Å². The quantitative estimate of drug-likeness (QED) is 0.406. The number of nitrogens with zero attached hydrogens (tertiary/aromatic N) is 4. The van der Waals surface area contributed by atoms with Crippen molar-refractivity contribution in [3.63, 3.8) is 0 Å². The van der Waals surface area contributed by atoms with E-state index >= 15 is 0 Å². The molecule has 11 heteroatoms. The second-order valence-corrected chi connectivity index (χ2v) is 11.6. The van der Waals surface area contributed by atoms with Gasteiger partial charge in [0.25, 0.3) is 5.56 Å². The van der Waals surface area contributed by atoms with Gasteiger partial charge in [0.15, 0.2) is 0 Å². The predicted molar refractivity (Wildman–Crippen MR) is 149 cm³/mol. The van der Waals surface area contributed by atoms with Crippen LogP contribution in [0.3, 0.4) is 0 Å². The third-order valence-corrected chi connectivity index (χ3v) is 7.23. The molecule has 1 fully saturated rings. The summed E-state index contributed by atoms with van der Waals surface area (Å²) in [6, 6.07) is 9.96. The van der Waals surface area contributed by atoms with Crippen LogP contribution in [0.2, 0.25) is 0 Å². The standard InChI is InChI=1S/C26H35N7O3S/c1-17(2)33-15-10-18(3)23(25(33)34)29-24-19(4)16-27-26(30-24)28-20-6-8-22(9-7-20)32-13-11-21(12-14-32)31-37(5,35)36/h6-10,15-17,21,31H,11-14H2,1-5H3,(H2,27,28,29,30). The van der Waals surface area contributed by atoms with E-state index in [0.717, 1.165) is 48.4 Å². The molecular formula is C26H35N7O3S. The Hall–Kier alpha value is -3.44. The summed E-state index contributed by atoms with van der Waals surface area (Å²) < 4.78 is 27.3. The molecule has 0 amide bonds. The van der Waals surface area contributed by atoms with Crippen molar-refractivity contribution in [2.24, 2.45) is 0 Å². The lowest BCUT2D eigenvalue weighted by molar-refractivity contribution is 0.462. The van der Waals surface area contributed by atoms with Crippen LogP contribution in [0.1, 0.15) is 43.9 Å². The number of hydrogen-bond donors (Lipinski definition) is 3. The molecule has 0 aliphatic carbocycles. The highest BCUT2D eigenvalue weighted by molar-refractivity contribution is 7.88. The van der Waals surface area contributed by atoms with E-state index < -0.39 is 10.0 Å². The van der Waals surface area contributed by atoms with E-state index in [9.17, 15) is 13.2 Å². The van der Waals surface area contributed by atoms with E-state index in [1.807, 2.05) is 64.2 Å². The summed E-state index contributed by atoms with van der Waals surface area (Å²) >= 11 is 0. The molecular weight excluding hydrogens is 490 g/mol. The zero-order valence-corrected chi connectivity index (χ0v) is 22.8. The number of aryl methyl sites for hydroxylation is 2. The maximum atomic E-state index is 13.0. The number of pyridine rings is 1. The largest absolute Gasteiger partial charge is 0.371 e. The predicted octanol–water partition coefficient (Wildman–Crippen LogP) is 3.84. The highest BCUT2D eigenvalue weighted by Gasteiger charge is 2.22. The first kappa shape index (κ1) is 26.6. The minimum Gasteiger partial charge on any atom is -0.371 e. The summed E-state index contributed by atoms with van der Waals surface area (Å²) in [5, 5.41) is 6.46. The molecule has 0 radical (unpaired) electrons. The van der Waals surface area contributed by atoms with Crippen molar-refractivity contribution in [1.82, 2.24) is 19.3 Å². The van der Waals surface area contributed by atoms with Crippen LogP contribution in [0, 0.1) is 13.8 Å². The van der Waals surface area contributed by atoms with Gasteiger partial charge in [-0.1, -0.05) is 0 Å². The number of aromatic nitrogens is 3. The molecule has 0 saturated carbocycles. The lowest BCUT2D eigenvalue weighted by Gasteiger charge is -2.33. The smallest absolute Gasteiger partial charge is 0.274 e. The van der Waals surface area contributed by atoms with Crippen molar-refractivity contribution in [3.05, 3.63) is 64.2 Å². The number of nitrogens with one attached hydrogen (secondary N) is 3. The number of hydrogen-bond acceptors (Lipinski definition) is 8. The molecule has 0 bridgehead atoms. The third kappa shape index (κ3) is 6.66. The molecule has 1 aliphatic rings. The number of anilines is 5. The number of rotatable bonds is 8. The van der Waals surface area contributed by atoms with Crippen molar-refractivity contribution in [3.8, 4) is 0 Å². The Kier molecular flexibility index (Phi) is 7.84. The molecule has 4 rings (SSSR count). The maximum absolute atomic E-state index is 13.0. The van der Waals surface area contributed by atoms with Crippen LogP contribution < -0.4 is 25.8 Å². The van der Waals surface area contributed by atoms with E-state index in [4.69, 9.17) is 0 Å². The van der Waals surface area contributed by atoms with Crippen LogP contribution in [-0.4, -0.2) is 48.3 Å². The lowest BCUT2D eigenvalue weighted by atomic mass is 10.1. The Morgan fingerprint density at radius 3 is 2.30 bits per heavy atom. The highest BCUT2D eigenvalue weighted by atomic mass is 32.2. The summed E-state index contributed by atoms with van der Waals surface area (Å²) in [5.74, 6) is 0.993. The van der Waals surface area contributed by atoms with Crippen LogP contribution >= 0.6 is 0 Å². The zero-order chi connectivity index (χ0) is 26.7. The molecule has 198 valence electrons. The Bertz CT molecular complexity index is 1410. The molecule has 1 aromatic carbocycles. The fourth-order valence-corrected chi connectivity index (χ4v) is 5.23. The summed E-state index contributed by atoms with van der Waals surface area (Å²) in [6.07, 6.45) is 6.27. The van der Waals surface area contributed by atoms with Crippen molar-refractivity contribution in [2.45, 2.75) is 52.6 Å². The van der Waals surface area contributed by atoms with Gasteiger partial charge in [-0.3, -0.25) is 4.79 Å². The van der Waals surface area contributed by atoms with E-state index in [-0.39, 0.29) is 17.6 Å². The van der Waals surface area contributed by atoms with Gasteiger partial charge in [0.1, 0.15) is 11.5 Å². The van der Waals surface area contributed by atoms with Crippen molar-refractivity contribution in [2.75, 3.05) is 34.9 Å². The minimum absolute atomic E-state index is 0.0124. The average molecular weight is 526 g/mol. The molecule has 3 N–H and O–H groups in total. The second-order valence-electron chi connectivity index (χ2n) is 9.85. The first-order valence-corrected chi connectivity index (χ1v) is 14.3. The second kappa shape index (κ2) is 10.9. The van der Waals surface area contributed by atoms with Crippen LogP contribution in [0.25, 0.3) is 0 Å². The van der Waals surface area contributed by atoms with Gasteiger partial charge in [-0.15, -0.1) is 0 Å². The molecule has 0 atom stereocenters. The first-order valence-electron chi connectivity index (χ1n) is 12.4. The SMILES string of the molecule is Cc1cnc(Nc2ccc(N3CCC(NS(C)(=O)=O)CC3)cc2)nc1Nc1c(C)ccn(C(C)C)c1=O. The van der Waals surface area contributed by atoms with Gasteiger partial charge in [-0.25, -0.2) is 18.1 Å². The summed E-state index contributed by atoms with van der Waals surface area (Å²) in [7, 11) is -3.18. The topological polar surface area (TPSA) is 121 Å². The number of benzene rings is 1. The normalized spacial score (nSPS) is 14.7. The van der Waals surface area contributed by atoms with E-state index in [0.29, 0.717) is 17.5 Å². The fraction of sp³-hybridized carbons (Fsp3) is 0.423. The molecule has 0 unspecified atom stereocenters. The van der Waals surface area contributed by atoms with E-state index in [2.05, 4.69) is 30.2 Å². The molecule has 1 aliphatic heterocycles. The van der Waals surface area contributed by atoms with Crippen molar-refractivity contribution in [1.29, 1.82) is 0 Å². The van der Waals surface area contributed by atoms with Gasteiger partial charge < -0.3 is 20.1 Å². The Labute approximate surface area is 218 Å². The van der Waals surface area contributed by atoms with E-state index in [1.165, 1.54) is 6.26 Å². The van der Waals surface area contributed by atoms with Crippen molar-refractivity contribution < 1.29 is 8.42 Å². The summed E-state index contributed by atoms with van der Waals surface area (Å²) in [4.78, 5) is 24.2. The van der Waals surface area contributed by atoms with Crippen LogP contribution in [0.15, 0.2) is 47.5 Å². The third-order valence-electron chi connectivity index (χ3n) is 6.46. The Morgan fingerprint density at radius 1 is 1.00 bits per heavy atom. The minimum atomic E-state index is -3.18. The fourth-order valence-electron chi connectivity index (χ4n) is 4.39. The summed E-state index contributed by atoms with van der Waals surface area (Å²) in [6.45, 7) is 9.32. The van der Waals surface area contributed by atoms with Gasteiger partial charge in [0.05, 0.1) is 6.26 Å². The van der Waals surface area contributed by atoms with Gasteiger partial charge in [-0.05, 0) is 76.4 Å². The molecule has 37 heavy (non-hydrogen) atoms. The van der Waals surface area contributed by atoms with Gasteiger partial charge in [-0.2, -0.15) is 4.98 Å².